The molecule has 2 aromatic heterocycles. The van der Waals surface area contributed by atoms with E-state index < -0.39 is 4.92 Å². The molecule has 9 heteroatoms. The van der Waals surface area contributed by atoms with Crippen LogP contribution in [0, 0.1) is 24.0 Å². The summed E-state index contributed by atoms with van der Waals surface area (Å²) < 4.78 is 3.32. The van der Waals surface area contributed by atoms with Crippen LogP contribution >= 0.6 is 0 Å². The van der Waals surface area contributed by atoms with Gasteiger partial charge < -0.3 is 5.32 Å². The van der Waals surface area contributed by atoms with E-state index in [1.807, 2.05) is 23.9 Å². The molecule has 9 nitrogen and oxygen atoms in total. The first-order valence-electron chi connectivity index (χ1n) is 7.41. The molecule has 0 fully saturated rings. The molecule has 0 saturated carbocycles. The Morgan fingerprint density at radius 1 is 1.39 bits per heavy atom. The maximum Gasteiger partial charge on any atom is 0.309 e. The third-order valence-corrected chi connectivity index (χ3v) is 3.48. The van der Waals surface area contributed by atoms with Gasteiger partial charge in [-0.2, -0.15) is 10.2 Å². The lowest BCUT2D eigenvalue weighted by Gasteiger charge is -2.06. The number of nitrogens with one attached hydrogen (secondary N) is 1. The molecular formula is C14H20N6O3. The van der Waals surface area contributed by atoms with Crippen LogP contribution in [0.25, 0.3) is 0 Å². The van der Waals surface area contributed by atoms with Crippen LogP contribution in [-0.4, -0.2) is 36.9 Å². The summed E-state index contributed by atoms with van der Waals surface area (Å²) in [5.41, 5.74) is 1.40. The number of carbonyl (C=O) groups is 1. The predicted octanol–water partition coefficient (Wildman–Crippen LogP) is 1.20. The molecule has 124 valence electrons. The molecule has 0 aromatic carbocycles. The highest BCUT2D eigenvalue weighted by atomic mass is 16.6. The molecule has 0 spiro atoms. The van der Waals surface area contributed by atoms with Gasteiger partial charge in [0.1, 0.15) is 11.9 Å². The van der Waals surface area contributed by atoms with E-state index in [1.165, 1.54) is 10.9 Å². The van der Waals surface area contributed by atoms with Crippen molar-refractivity contribution in [3.05, 3.63) is 40.0 Å². The minimum absolute atomic E-state index is 0.0278. The molecule has 2 heterocycles. The molecular weight excluding hydrogens is 300 g/mol. The van der Waals surface area contributed by atoms with E-state index in [-0.39, 0.29) is 18.0 Å². The fourth-order valence-corrected chi connectivity index (χ4v) is 2.19. The largest absolute Gasteiger partial charge is 0.356 e. The molecule has 1 amide bonds. The summed E-state index contributed by atoms with van der Waals surface area (Å²) in [6.45, 7) is 5.19. The third kappa shape index (κ3) is 4.63. The van der Waals surface area contributed by atoms with Gasteiger partial charge in [0.15, 0.2) is 0 Å². The summed E-state index contributed by atoms with van der Waals surface area (Å²) in [5.74, 6) is -0.0980. The van der Waals surface area contributed by atoms with Gasteiger partial charge in [0, 0.05) is 25.7 Å². The Morgan fingerprint density at radius 2 is 2.17 bits per heavy atom. The minimum atomic E-state index is -0.476. The number of aromatic nitrogens is 4. The van der Waals surface area contributed by atoms with Gasteiger partial charge in [-0.25, -0.2) is 0 Å². The van der Waals surface area contributed by atoms with Crippen LogP contribution in [0.3, 0.4) is 0 Å². The molecule has 23 heavy (non-hydrogen) atoms. The molecule has 0 unspecified atom stereocenters. The second kappa shape index (κ2) is 7.52. The van der Waals surface area contributed by atoms with Gasteiger partial charge in [0.25, 0.3) is 0 Å². The Kier molecular flexibility index (Phi) is 5.45. The van der Waals surface area contributed by atoms with Crippen LogP contribution in [0.5, 0.6) is 0 Å². The molecule has 0 aliphatic rings. The number of hydrogen-bond acceptors (Lipinski definition) is 5. The van der Waals surface area contributed by atoms with E-state index in [9.17, 15) is 14.9 Å². The molecule has 2 aromatic rings. The number of carbonyl (C=O) groups excluding carboxylic acids is 1. The van der Waals surface area contributed by atoms with E-state index in [0.29, 0.717) is 18.8 Å². The van der Waals surface area contributed by atoms with Crippen molar-refractivity contribution in [2.45, 2.75) is 39.8 Å². The topological polar surface area (TPSA) is 108 Å². The lowest BCUT2D eigenvalue weighted by molar-refractivity contribution is -0.385. The lowest BCUT2D eigenvalue weighted by Crippen LogP contribution is -2.26. The van der Waals surface area contributed by atoms with Gasteiger partial charge in [0.05, 0.1) is 17.2 Å². The van der Waals surface area contributed by atoms with Gasteiger partial charge in [-0.05, 0) is 26.3 Å². The zero-order chi connectivity index (χ0) is 16.8. The van der Waals surface area contributed by atoms with Gasteiger partial charge in [-0.3, -0.25) is 24.3 Å². The van der Waals surface area contributed by atoms with E-state index in [1.54, 1.807) is 6.92 Å². The van der Waals surface area contributed by atoms with Crippen molar-refractivity contribution in [3.8, 4) is 0 Å². The van der Waals surface area contributed by atoms with Crippen molar-refractivity contribution >= 4 is 11.6 Å². The Morgan fingerprint density at radius 3 is 2.78 bits per heavy atom. The second-order valence-corrected chi connectivity index (χ2v) is 5.27. The Hall–Kier alpha value is -2.71. The molecule has 0 saturated heterocycles. The van der Waals surface area contributed by atoms with Crippen molar-refractivity contribution in [2.24, 2.45) is 0 Å². The number of rotatable bonds is 8. The Balaban J connectivity index is 1.68. The first kappa shape index (κ1) is 16.7. The average molecular weight is 320 g/mol. The van der Waals surface area contributed by atoms with Crippen LogP contribution in [0.15, 0.2) is 18.5 Å². The highest BCUT2D eigenvalue weighted by Gasteiger charge is 2.16. The zero-order valence-corrected chi connectivity index (χ0v) is 13.2. The maximum absolute atomic E-state index is 11.8. The number of nitro groups is 1. The van der Waals surface area contributed by atoms with Crippen molar-refractivity contribution in [3.63, 3.8) is 0 Å². The maximum atomic E-state index is 11.8. The first-order valence-corrected chi connectivity index (χ1v) is 7.41. The summed E-state index contributed by atoms with van der Waals surface area (Å²) >= 11 is 0. The quantitative estimate of drug-likeness (QED) is 0.447. The molecule has 0 radical (unpaired) electrons. The van der Waals surface area contributed by atoms with Crippen molar-refractivity contribution < 1.29 is 9.72 Å². The second-order valence-electron chi connectivity index (χ2n) is 5.27. The molecule has 0 aliphatic heterocycles. The van der Waals surface area contributed by atoms with E-state index in [2.05, 4.69) is 15.5 Å². The van der Waals surface area contributed by atoms with Crippen molar-refractivity contribution in [2.75, 3.05) is 6.54 Å². The Labute approximate surface area is 133 Å². The number of hydrogen-bond donors (Lipinski definition) is 1. The number of aryl methyl sites for hydroxylation is 3. The molecule has 0 aliphatic carbocycles. The monoisotopic (exact) mass is 320 g/mol. The summed E-state index contributed by atoms with van der Waals surface area (Å²) in [7, 11) is 0. The highest BCUT2D eigenvalue weighted by Crippen LogP contribution is 2.16. The summed E-state index contributed by atoms with van der Waals surface area (Å²) in [6, 6.07) is 1.93. The van der Waals surface area contributed by atoms with E-state index >= 15 is 0 Å². The summed E-state index contributed by atoms with van der Waals surface area (Å²) in [5, 5.41) is 21.8. The van der Waals surface area contributed by atoms with E-state index in [0.717, 1.165) is 18.7 Å². The fourth-order valence-electron chi connectivity index (χ4n) is 2.19. The summed E-state index contributed by atoms with van der Waals surface area (Å²) in [4.78, 5) is 22.0. The van der Waals surface area contributed by atoms with Gasteiger partial charge in [0.2, 0.25) is 5.91 Å². The minimum Gasteiger partial charge on any atom is -0.356 e. The average Bonchev–Trinajstić information content (AvgIpc) is 3.07. The number of amides is 1. The van der Waals surface area contributed by atoms with Gasteiger partial charge >= 0.3 is 5.69 Å². The number of nitrogens with zero attached hydrogens (tertiary/aromatic N) is 5. The van der Waals surface area contributed by atoms with Crippen LogP contribution in [0.2, 0.25) is 0 Å². The Bertz CT molecular complexity index is 690. The summed E-state index contributed by atoms with van der Waals surface area (Å²) in [6.07, 6.45) is 4.14. The fraction of sp³-hybridized carbons (Fsp3) is 0.500. The standard InChI is InChI=1S/C14H20N6O3/c1-11-4-8-18(17-11)7-3-6-15-14(21)5-9-19-12(2)13(10-16-19)20(22)23/h4,8,10H,3,5-7,9H2,1-2H3,(H,15,21). The van der Waals surface area contributed by atoms with Crippen LogP contribution in [0.4, 0.5) is 5.69 Å². The van der Waals surface area contributed by atoms with Crippen LogP contribution < -0.4 is 5.32 Å². The van der Waals surface area contributed by atoms with E-state index in [4.69, 9.17) is 0 Å². The molecule has 0 atom stereocenters. The normalized spacial score (nSPS) is 10.7. The SMILES string of the molecule is Cc1ccn(CCCNC(=O)CCn2ncc([N+](=O)[O-])c2C)n1. The first-order chi connectivity index (χ1) is 11.0. The molecule has 2 rings (SSSR count). The third-order valence-electron chi connectivity index (χ3n) is 3.48. The van der Waals surface area contributed by atoms with Crippen molar-refractivity contribution in [1.82, 2.24) is 24.9 Å². The lowest BCUT2D eigenvalue weighted by atomic mass is 10.3. The smallest absolute Gasteiger partial charge is 0.309 e. The zero-order valence-electron chi connectivity index (χ0n) is 13.2. The van der Waals surface area contributed by atoms with Crippen LogP contribution in [0.1, 0.15) is 24.2 Å². The van der Waals surface area contributed by atoms with Gasteiger partial charge in [-0.15, -0.1) is 0 Å². The molecule has 0 bridgehead atoms. The predicted molar refractivity (Wildman–Crippen MR) is 82.8 cm³/mol. The van der Waals surface area contributed by atoms with Crippen LogP contribution in [-0.2, 0) is 17.9 Å². The van der Waals surface area contributed by atoms with Crippen molar-refractivity contribution in [1.29, 1.82) is 0 Å². The highest BCUT2D eigenvalue weighted by molar-refractivity contribution is 5.75. The van der Waals surface area contributed by atoms with Gasteiger partial charge in [-0.1, -0.05) is 0 Å². The molecule has 1 N–H and O–H groups in total.